The Bertz CT molecular complexity index is 910. The van der Waals surface area contributed by atoms with E-state index in [1.54, 1.807) is 31.4 Å². The fraction of sp³-hybridized carbons (Fsp3) is 0.296. The van der Waals surface area contributed by atoms with Crippen LogP contribution in [0.5, 0.6) is 11.5 Å². The molecule has 0 amide bonds. The van der Waals surface area contributed by atoms with Gasteiger partial charge in [0.15, 0.2) is 0 Å². The number of methoxy groups -OCH3 is 1. The Morgan fingerprint density at radius 1 is 0.700 bits per heavy atom. The second-order valence-corrected chi connectivity index (χ2v) is 7.50. The summed E-state index contributed by atoms with van der Waals surface area (Å²) < 4.78 is 10.6. The van der Waals surface area contributed by atoms with Crippen molar-refractivity contribution in [2.24, 2.45) is 0 Å². The van der Waals surface area contributed by atoms with Gasteiger partial charge in [0, 0.05) is 0 Å². The first-order chi connectivity index (χ1) is 14.7. The summed E-state index contributed by atoms with van der Waals surface area (Å²) in [6.07, 6.45) is 7.67. The summed E-state index contributed by atoms with van der Waals surface area (Å²) in [5.41, 5.74) is 4.15. The van der Waals surface area contributed by atoms with Crippen molar-refractivity contribution in [1.29, 1.82) is 0 Å². The molecule has 3 aromatic carbocycles. The van der Waals surface area contributed by atoms with Gasteiger partial charge in [-0.3, -0.25) is 0 Å². The lowest BCUT2D eigenvalue weighted by Crippen LogP contribution is -2.08. The van der Waals surface area contributed by atoms with E-state index in [0.717, 1.165) is 17.5 Å². The summed E-state index contributed by atoms with van der Waals surface area (Å²) in [5, 5.41) is 0. The van der Waals surface area contributed by atoms with Gasteiger partial charge in [-0.15, -0.1) is 0 Å². The fourth-order valence-corrected chi connectivity index (χ4v) is 3.41. The summed E-state index contributed by atoms with van der Waals surface area (Å²) in [5.74, 6) is 0.857. The van der Waals surface area contributed by atoms with Crippen LogP contribution < -0.4 is 9.47 Å². The number of carbonyl (C=O) groups excluding carboxylic acids is 1. The molecule has 0 aliphatic carbocycles. The molecule has 3 heteroatoms. The highest BCUT2D eigenvalue weighted by Crippen LogP contribution is 2.24. The van der Waals surface area contributed by atoms with E-state index in [-0.39, 0.29) is 5.97 Å². The van der Waals surface area contributed by atoms with Crippen LogP contribution in [0.1, 0.15) is 54.9 Å². The minimum absolute atomic E-state index is 0.381. The van der Waals surface area contributed by atoms with Gasteiger partial charge in [0.1, 0.15) is 11.5 Å². The maximum atomic E-state index is 12.3. The molecule has 0 fully saturated rings. The van der Waals surface area contributed by atoms with Crippen LogP contribution >= 0.6 is 0 Å². The molecule has 3 nitrogen and oxygen atoms in total. The monoisotopic (exact) mass is 402 g/mol. The molecule has 3 aromatic rings. The molecule has 0 saturated carbocycles. The van der Waals surface area contributed by atoms with Gasteiger partial charge < -0.3 is 9.47 Å². The van der Waals surface area contributed by atoms with Gasteiger partial charge in [0.05, 0.1) is 12.7 Å². The lowest BCUT2D eigenvalue weighted by atomic mass is 10.0. The first-order valence-electron chi connectivity index (χ1n) is 10.7. The van der Waals surface area contributed by atoms with Crippen LogP contribution in [0.4, 0.5) is 0 Å². The Labute approximate surface area is 179 Å². The number of esters is 1. The van der Waals surface area contributed by atoms with Crippen molar-refractivity contribution in [2.45, 2.75) is 45.4 Å². The normalized spacial score (nSPS) is 10.6. The van der Waals surface area contributed by atoms with Gasteiger partial charge in [-0.2, -0.15) is 0 Å². The Balaban J connectivity index is 1.55. The standard InChI is InChI=1S/C27H30O3/c1-3-4-5-6-7-8-21-9-11-22(12-10-21)23-13-19-26(20-14-23)30-27(28)24-15-17-25(29-2)18-16-24/h9-20H,3-8H2,1-2H3. The first-order valence-corrected chi connectivity index (χ1v) is 10.7. The third kappa shape index (κ3) is 6.21. The summed E-state index contributed by atoms with van der Waals surface area (Å²) in [7, 11) is 1.59. The maximum absolute atomic E-state index is 12.3. The SMILES string of the molecule is CCCCCCCc1ccc(-c2ccc(OC(=O)c3ccc(OC)cc3)cc2)cc1. The third-order valence-corrected chi connectivity index (χ3v) is 5.25. The van der Waals surface area contributed by atoms with E-state index in [4.69, 9.17) is 9.47 Å². The molecule has 3 rings (SSSR count). The molecule has 0 N–H and O–H groups in total. The van der Waals surface area contributed by atoms with Gasteiger partial charge in [-0.05, 0) is 65.9 Å². The molecule has 0 aromatic heterocycles. The van der Waals surface area contributed by atoms with Crippen molar-refractivity contribution in [1.82, 2.24) is 0 Å². The van der Waals surface area contributed by atoms with Crippen molar-refractivity contribution in [3.63, 3.8) is 0 Å². The second kappa shape index (κ2) is 11.2. The molecule has 0 aliphatic heterocycles. The Morgan fingerprint density at radius 3 is 1.87 bits per heavy atom. The van der Waals surface area contributed by atoms with E-state index in [2.05, 4.69) is 31.2 Å². The smallest absolute Gasteiger partial charge is 0.343 e. The van der Waals surface area contributed by atoms with Gasteiger partial charge in [-0.1, -0.05) is 69.0 Å². The molecular formula is C27H30O3. The summed E-state index contributed by atoms with van der Waals surface area (Å²) in [6.45, 7) is 2.25. The number of benzene rings is 3. The number of carbonyl (C=O) groups is 1. The predicted octanol–water partition coefficient (Wildman–Crippen LogP) is 7.09. The topological polar surface area (TPSA) is 35.5 Å². The first kappa shape index (κ1) is 21.6. The molecule has 0 heterocycles. The maximum Gasteiger partial charge on any atom is 0.343 e. The van der Waals surface area contributed by atoms with Crippen LogP contribution in [0.15, 0.2) is 72.8 Å². The van der Waals surface area contributed by atoms with E-state index in [9.17, 15) is 4.79 Å². The highest BCUT2D eigenvalue weighted by molar-refractivity contribution is 5.91. The average Bonchev–Trinajstić information content (AvgIpc) is 2.80. The van der Waals surface area contributed by atoms with E-state index < -0.39 is 0 Å². The van der Waals surface area contributed by atoms with Crippen LogP contribution in [0.3, 0.4) is 0 Å². The van der Waals surface area contributed by atoms with Crippen molar-refractivity contribution >= 4 is 5.97 Å². The highest BCUT2D eigenvalue weighted by Gasteiger charge is 2.09. The highest BCUT2D eigenvalue weighted by atomic mass is 16.5. The van der Waals surface area contributed by atoms with Crippen LogP contribution in [0.2, 0.25) is 0 Å². The molecule has 0 saturated heterocycles. The van der Waals surface area contributed by atoms with Crippen molar-refractivity contribution in [2.75, 3.05) is 7.11 Å². The Kier molecular flexibility index (Phi) is 8.08. The molecule has 0 bridgehead atoms. The predicted molar refractivity (Wildman–Crippen MR) is 122 cm³/mol. The Hall–Kier alpha value is -3.07. The second-order valence-electron chi connectivity index (χ2n) is 7.50. The number of hydrogen-bond acceptors (Lipinski definition) is 3. The third-order valence-electron chi connectivity index (χ3n) is 5.25. The number of aryl methyl sites for hydroxylation is 1. The fourth-order valence-electron chi connectivity index (χ4n) is 3.41. The van der Waals surface area contributed by atoms with Gasteiger partial charge in [-0.25, -0.2) is 4.79 Å². The number of ether oxygens (including phenoxy) is 2. The van der Waals surface area contributed by atoms with E-state index in [0.29, 0.717) is 17.1 Å². The van der Waals surface area contributed by atoms with E-state index in [1.165, 1.54) is 37.7 Å². The van der Waals surface area contributed by atoms with Crippen molar-refractivity contribution in [3.8, 4) is 22.6 Å². The molecule has 0 unspecified atom stereocenters. The largest absolute Gasteiger partial charge is 0.497 e. The Morgan fingerprint density at radius 2 is 1.27 bits per heavy atom. The number of rotatable bonds is 10. The lowest BCUT2D eigenvalue weighted by molar-refractivity contribution is 0.0734. The number of unbranched alkanes of at least 4 members (excludes halogenated alkanes) is 4. The minimum Gasteiger partial charge on any atom is -0.497 e. The lowest BCUT2D eigenvalue weighted by Gasteiger charge is -2.08. The molecule has 0 aliphatic rings. The molecule has 156 valence electrons. The summed E-state index contributed by atoms with van der Waals surface area (Å²) >= 11 is 0. The van der Waals surface area contributed by atoms with E-state index in [1.807, 2.05) is 24.3 Å². The van der Waals surface area contributed by atoms with Crippen LogP contribution in [0.25, 0.3) is 11.1 Å². The van der Waals surface area contributed by atoms with Crippen molar-refractivity contribution < 1.29 is 14.3 Å². The average molecular weight is 403 g/mol. The summed E-state index contributed by atoms with van der Waals surface area (Å²) in [6, 6.07) is 23.3. The van der Waals surface area contributed by atoms with Crippen LogP contribution in [-0.2, 0) is 6.42 Å². The zero-order chi connectivity index (χ0) is 21.2. The molecule has 0 radical (unpaired) electrons. The number of hydrogen-bond donors (Lipinski definition) is 0. The van der Waals surface area contributed by atoms with Gasteiger partial charge >= 0.3 is 5.97 Å². The van der Waals surface area contributed by atoms with E-state index >= 15 is 0 Å². The zero-order valence-electron chi connectivity index (χ0n) is 17.9. The summed E-state index contributed by atoms with van der Waals surface area (Å²) in [4.78, 5) is 12.3. The van der Waals surface area contributed by atoms with Gasteiger partial charge in [0.2, 0.25) is 0 Å². The zero-order valence-corrected chi connectivity index (χ0v) is 17.9. The van der Waals surface area contributed by atoms with Crippen LogP contribution in [0, 0.1) is 0 Å². The molecular weight excluding hydrogens is 372 g/mol. The molecule has 30 heavy (non-hydrogen) atoms. The minimum atomic E-state index is -0.381. The van der Waals surface area contributed by atoms with Gasteiger partial charge in [0.25, 0.3) is 0 Å². The molecule has 0 spiro atoms. The molecule has 0 atom stereocenters. The van der Waals surface area contributed by atoms with Crippen molar-refractivity contribution in [3.05, 3.63) is 83.9 Å². The quantitative estimate of drug-likeness (QED) is 0.206. The van der Waals surface area contributed by atoms with Crippen LogP contribution in [-0.4, -0.2) is 13.1 Å².